The highest BCUT2D eigenvalue weighted by atomic mass is 19.4. The fraction of sp³-hybridized carbons (Fsp3) is 0.200. The van der Waals surface area contributed by atoms with E-state index in [0.717, 1.165) is 6.07 Å². The van der Waals surface area contributed by atoms with Crippen molar-refractivity contribution in [3.8, 4) is 28.0 Å². The quantitative estimate of drug-likeness (QED) is 0.697. The van der Waals surface area contributed by atoms with Crippen LogP contribution < -0.4 is 4.74 Å². The van der Waals surface area contributed by atoms with Crippen LogP contribution >= 0.6 is 0 Å². The van der Waals surface area contributed by atoms with Gasteiger partial charge in [-0.25, -0.2) is 4.79 Å². The second-order valence-corrected chi connectivity index (χ2v) is 6.73. The Morgan fingerprint density at radius 3 is 2.55 bits per heavy atom. The number of alkyl halides is 3. The fourth-order valence-electron chi connectivity index (χ4n) is 3.67. The lowest BCUT2D eigenvalue weighted by Gasteiger charge is -2.28. The molecule has 0 saturated heterocycles. The molecule has 1 aliphatic rings. The molecule has 2 N–H and O–H groups in total. The number of fused-ring (bicyclic) bond motifs is 3. The molecule has 150 valence electrons. The molecule has 1 aliphatic carbocycles. The number of aryl methyl sites for hydroxylation is 1. The zero-order valence-corrected chi connectivity index (χ0v) is 15.1. The van der Waals surface area contributed by atoms with Crippen molar-refractivity contribution in [1.82, 2.24) is 9.78 Å². The maximum absolute atomic E-state index is 14.1. The van der Waals surface area contributed by atoms with E-state index in [2.05, 4.69) is 5.10 Å². The van der Waals surface area contributed by atoms with E-state index in [1.807, 2.05) is 0 Å². The Labute approximate surface area is 162 Å². The van der Waals surface area contributed by atoms with Crippen LogP contribution in [0.25, 0.3) is 22.3 Å². The van der Waals surface area contributed by atoms with Crippen molar-refractivity contribution >= 4 is 5.97 Å². The van der Waals surface area contributed by atoms with Gasteiger partial charge in [0.2, 0.25) is 5.60 Å². The summed E-state index contributed by atoms with van der Waals surface area (Å²) in [6.45, 7) is -0.733. The average molecular weight is 404 g/mol. The standard InChI is InChI=1S/C20H15F3N2O4/c1-25-9-11(8-24-25)14-6-12(29-10-17(26)27)7-16-18(14)13-4-2-3-5-15(13)19(16,28)20(21,22)23/h2-9,28H,10H2,1H3,(H,26,27)/t19-/m1/s1. The van der Waals surface area contributed by atoms with E-state index >= 15 is 0 Å². The minimum Gasteiger partial charge on any atom is -0.482 e. The number of aromatic nitrogens is 2. The molecule has 1 heterocycles. The number of carboxylic acids is 1. The summed E-state index contributed by atoms with van der Waals surface area (Å²) >= 11 is 0. The van der Waals surface area contributed by atoms with Gasteiger partial charge < -0.3 is 14.9 Å². The summed E-state index contributed by atoms with van der Waals surface area (Å²) < 4.78 is 48.9. The maximum Gasteiger partial charge on any atom is 0.425 e. The molecule has 3 aromatic rings. The van der Waals surface area contributed by atoms with Crippen LogP contribution in [0.5, 0.6) is 5.75 Å². The number of ether oxygens (including phenoxy) is 1. The number of rotatable bonds is 4. The van der Waals surface area contributed by atoms with Gasteiger partial charge in [-0.15, -0.1) is 0 Å². The van der Waals surface area contributed by atoms with Gasteiger partial charge in [0.1, 0.15) is 5.75 Å². The molecule has 1 atom stereocenters. The average Bonchev–Trinajstić information content (AvgIpc) is 3.20. The second kappa shape index (κ2) is 6.35. The molecule has 0 bridgehead atoms. The van der Waals surface area contributed by atoms with Crippen molar-refractivity contribution in [3.63, 3.8) is 0 Å². The third kappa shape index (κ3) is 2.85. The normalized spacial score (nSPS) is 17.7. The molecule has 1 aromatic heterocycles. The first-order valence-electron chi connectivity index (χ1n) is 8.54. The Morgan fingerprint density at radius 1 is 1.21 bits per heavy atom. The molecule has 0 unspecified atom stereocenters. The Hall–Kier alpha value is -3.33. The third-order valence-electron chi connectivity index (χ3n) is 4.88. The highest BCUT2D eigenvalue weighted by Gasteiger charge is 2.61. The molecule has 4 rings (SSSR count). The topological polar surface area (TPSA) is 84.6 Å². The molecule has 0 saturated carbocycles. The van der Waals surface area contributed by atoms with E-state index in [-0.39, 0.29) is 22.4 Å². The van der Waals surface area contributed by atoms with Gasteiger partial charge in [0.25, 0.3) is 0 Å². The van der Waals surface area contributed by atoms with Crippen LogP contribution in [0.3, 0.4) is 0 Å². The summed E-state index contributed by atoms with van der Waals surface area (Å²) in [5, 5.41) is 23.8. The number of nitrogens with zero attached hydrogens (tertiary/aromatic N) is 2. The van der Waals surface area contributed by atoms with Crippen molar-refractivity contribution in [2.45, 2.75) is 11.8 Å². The summed E-state index contributed by atoms with van der Waals surface area (Å²) in [4.78, 5) is 10.9. The maximum atomic E-state index is 14.1. The van der Waals surface area contributed by atoms with Gasteiger partial charge in [-0.1, -0.05) is 24.3 Å². The highest BCUT2D eigenvalue weighted by molar-refractivity contribution is 5.93. The van der Waals surface area contributed by atoms with Crippen molar-refractivity contribution in [1.29, 1.82) is 0 Å². The zero-order chi connectivity index (χ0) is 21.0. The lowest BCUT2D eigenvalue weighted by atomic mass is 9.89. The third-order valence-corrected chi connectivity index (χ3v) is 4.88. The van der Waals surface area contributed by atoms with Crippen molar-refractivity contribution in [3.05, 3.63) is 59.9 Å². The number of aliphatic carboxylic acids is 1. The number of benzene rings is 2. The predicted molar refractivity (Wildman–Crippen MR) is 96.3 cm³/mol. The smallest absolute Gasteiger partial charge is 0.425 e. The molecule has 0 fully saturated rings. The largest absolute Gasteiger partial charge is 0.482 e. The van der Waals surface area contributed by atoms with Crippen molar-refractivity contribution in [2.24, 2.45) is 7.05 Å². The SMILES string of the molecule is Cn1cc(-c2cc(OCC(=O)O)cc3c2-c2ccccc2[C@]3(O)C(F)(F)F)cn1. The van der Waals surface area contributed by atoms with Crippen molar-refractivity contribution < 1.29 is 32.9 Å². The number of hydrogen-bond acceptors (Lipinski definition) is 4. The van der Waals surface area contributed by atoms with E-state index in [9.17, 15) is 23.1 Å². The molecule has 0 amide bonds. The molecular weight excluding hydrogens is 389 g/mol. The number of hydrogen-bond donors (Lipinski definition) is 2. The van der Waals surface area contributed by atoms with Crippen LogP contribution in [0, 0.1) is 0 Å². The first-order valence-corrected chi connectivity index (χ1v) is 8.54. The van der Waals surface area contributed by atoms with Gasteiger partial charge in [0.15, 0.2) is 6.61 Å². The monoisotopic (exact) mass is 404 g/mol. The lowest BCUT2D eigenvalue weighted by Crippen LogP contribution is -2.41. The van der Waals surface area contributed by atoms with Crippen LogP contribution in [-0.2, 0) is 17.4 Å². The Balaban J connectivity index is 2.05. The molecule has 2 aromatic carbocycles. The molecule has 9 heteroatoms. The summed E-state index contributed by atoms with van der Waals surface area (Å²) in [5.41, 5.74) is -2.65. The number of aliphatic hydroxyl groups is 1. The Bertz CT molecular complexity index is 1120. The Morgan fingerprint density at radius 2 is 1.93 bits per heavy atom. The molecule has 6 nitrogen and oxygen atoms in total. The van der Waals surface area contributed by atoms with Crippen molar-refractivity contribution in [2.75, 3.05) is 6.61 Å². The minimum atomic E-state index is -5.01. The zero-order valence-electron chi connectivity index (χ0n) is 15.1. The predicted octanol–water partition coefficient (Wildman–Crippen LogP) is 3.33. The van der Waals surface area contributed by atoms with Gasteiger partial charge in [0, 0.05) is 29.9 Å². The van der Waals surface area contributed by atoms with Gasteiger partial charge >= 0.3 is 12.1 Å². The van der Waals surface area contributed by atoms with Crippen LogP contribution in [0.1, 0.15) is 11.1 Å². The van der Waals surface area contributed by atoms with E-state index in [1.54, 1.807) is 19.3 Å². The second-order valence-electron chi connectivity index (χ2n) is 6.73. The molecule has 29 heavy (non-hydrogen) atoms. The van der Waals surface area contributed by atoms with Crippen LogP contribution in [-0.4, -0.2) is 38.7 Å². The molecule has 0 aliphatic heterocycles. The van der Waals surface area contributed by atoms with Gasteiger partial charge in [0.05, 0.1) is 6.20 Å². The number of carboxylic acid groups (broad SMARTS) is 1. The van der Waals surface area contributed by atoms with Gasteiger partial charge in [-0.05, 0) is 28.8 Å². The Kier molecular flexibility index (Phi) is 4.16. The summed E-state index contributed by atoms with van der Waals surface area (Å²) in [6.07, 6.45) is -1.92. The first kappa shape index (κ1) is 19.0. The van der Waals surface area contributed by atoms with E-state index < -0.39 is 29.9 Å². The summed E-state index contributed by atoms with van der Waals surface area (Å²) in [7, 11) is 1.66. The lowest BCUT2D eigenvalue weighted by molar-refractivity contribution is -0.246. The van der Waals surface area contributed by atoms with Crippen LogP contribution in [0.2, 0.25) is 0 Å². The minimum absolute atomic E-state index is 0.0968. The molecular formula is C20H15F3N2O4. The summed E-state index contributed by atoms with van der Waals surface area (Å²) in [6, 6.07) is 8.26. The summed E-state index contributed by atoms with van der Waals surface area (Å²) in [5.74, 6) is -1.37. The number of halogens is 3. The van der Waals surface area contributed by atoms with Gasteiger partial charge in [-0.2, -0.15) is 18.3 Å². The van der Waals surface area contributed by atoms with Gasteiger partial charge in [-0.3, -0.25) is 4.68 Å². The first-order chi connectivity index (χ1) is 13.6. The molecule has 0 spiro atoms. The van der Waals surface area contributed by atoms with Crippen LogP contribution in [0.15, 0.2) is 48.8 Å². The van der Waals surface area contributed by atoms with Crippen LogP contribution in [0.4, 0.5) is 13.2 Å². The van der Waals surface area contributed by atoms with E-state index in [1.165, 1.54) is 35.1 Å². The number of carbonyl (C=O) groups is 1. The fourth-order valence-corrected chi connectivity index (χ4v) is 3.67. The van der Waals surface area contributed by atoms with E-state index in [4.69, 9.17) is 9.84 Å². The van der Waals surface area contributed by atoms with E-state index in [0.29, 0.717) is 11.1 Å². The highest BCUT2D eigenvalue weighted by Crippen LogP contribution is 2.58. The molecule has 0 radical (unpaired) electrons.